The molecule has 0 aliphatic carbocycles. The minimum Gasteiger partial charge on any atom is -0.368 e. The highest BCUT2D eigenvalue weighted by atomic mass is 35.5. The summed E-state index contributed by atoms with van der Waals surface area (Å²) in [6.07, 6.45) is 1.86. The first-order chi connectivity index (χ1) is 10.7. The molecular weight excluding hydrogens is 316 g/mol. The van der Waals surface area contributed by atoms with Gasteiger partial charge in [0.25, 0.3) is 0 Å². The van der Waals surface area contributed by atoms with Crippen LogP contribution in [0.1, 0.15) is 23.5 Å². The second kappa shape index (κ2) is 6.66. The Hall–Kier alpha value is -1.61. The maximum absolute atomic E-state index is 9.27. The van der Waals surface area contributed by atoms with Gasteiger partial charge in [0.2, 0.25) is 0 Å². The minimum absolute atomic E-state index is 0.344. The fraction of sp³-hybridized carbons (Fsp3) is 0.375. The topological polar surface area (TPSA) is 43.2 Å². The highest BCUT2D eigenvalue weighted by Crippen LogP contribution is 2.28. The van der Waals surface area contributed by atoms with Crippen LogP contribution in [0.4, 0.5) is 5.69 Å². The molecule has 4 nitrogen and oxygen atoms in total. The van der Waals surface area contributed by atoms with E-state index >= 15 is 0 Å². The molecule has 1 aromatic heterocycles. The van der Waals surface area contributed by atoms with Gasteiger partial charge < -0.3 is 4.90 Å². The summed E-state index contributed by atoms with van der Waals surface area (Å²) in [6, 6.07) is 8.05. The van der Waals surface area contributed by atoms with Gasteiger partial charge in [0.1, 0.15) is 11.1 Å². The highest BCUT2D eigenvalue weighted by molar-refractivity contribution is 7.09. The number of piperazine rings is 1. The van der Waals surface area contributed by atoms with E-state index in [4.69, 9.17) is 11.6 Å². The molecule has 1 aromatic carbocycles. The van der Waals surface area contributed by atoms with Crippen molar-refractivity contribution >= 4 is 28.6 Å². The zero-order valence-corrected chi connectivity index (χ0v) is 13.9. The highest BCUT2D eigenvalue weighted by Gasteiger charge is 2.24. The Morgan fingerprint density at radius 2 is 2.09 bits per heavy atom. The molecule has 1 unspecified atom stereocenters. The molecule has 1 fully saturated rings. The summed E-state index contributed by atoms with van der Waals surface area (Å²) in [5.41, 5.74) is 1.63. The van der Waals surface area contributed by atoms with Gasteiger partial charge >= 0.3 is 0 Å². The second-order valence-corrected chi connectivity index (χ2v) is 6.71. The summed E-state index contributed by atoms with van der Waals surface area (Å²) in [7, 11) is 0. The Balaban J connectivity index is 1.70. The number of rotatable bonds is 3. The SMILES string of the molecule is CC(c1nccs1)N1CCN(c2cc(Cl)ccc2C#N)CC1. The van der Waals surface area contributed by atoms with Crippen molar-refractivity contribution in [3.8, 4) is 6.07 Å². The molecule has 0 N–H and O–H groups in total. The molecule has 0 bridgehead atoms. The van der Waals surface area contributed by atoms with E-state index in [0.29, 0.717) is 16.6 Å². The van der Waals surface area contributed by atoms with E-state index in [9.17, 15) is 5.26 Å². The number of nitrogens with zero attached hydrogens (tertiary/aromatic N) is 4. The molecule has 3 rings (SSSR count). The number of hydrogen-bond donors (Lipinski definition) is 0. The van der Waals surface area contributed by atoms with Gasteiger partial charge in [-0.1, -0.05) is 11.6 Å². The van der Waals surface area contributed by atoms with E-state index in [2.05, 4.69) is 27.8 Å². The number of benzene rings is 1. The molecule has 2 aromatic rings. The van der Waals surface area contributed by atoms with Crippen LogP contribution in [0.15, 0.2) is 29.8 Å². The summed E-state index contributed by atoms with van der Waals surface area (Å²) in [5.74, 6) is 0. The molecule has 6 heteroatoms. The molecule has 0 spiro atoms. The fourth-order valence-electron chi connectivity index (χ4n) is 2.81. The maximum Gasteiger partial charge on any atom is 0.109 e. The fourth-order valence-corrected chi connectivity index (χ4v) is 3.70. The number of hydrogen-bond acceptors (Lipinski definition) is 5. The first kappa shape index (κ1) is 15.3. The van der Waals surface area contributed by atoms with Crippen LogP contribution in [0, 0.1) is 11.3 Å². The van der Waals surface area contributed by atoms with Crippen LogP contribution in [0.5, 0.6) is 0 Å². The Kier molecular flexibility index (Phi) is 4.63. The zero-order chi connectivity index (χ0) is 15.5. The van der Waals surface area contributed by atoms with Crippen LogP contribution in [-0.4, -0.2) is 36.1 Å². The standard InChI is InChI=1S/C16H17ClN4S/c1-12(16-19-4-9-22-16)20-5-7-21(8-6-20)15-10-14(17)3-2-13(15)11-18/h2-4,9-10,12H,5-8H2,1H3. The second-order valence-electron chi connectivity index (χ2n) is 5.34. The quantitative estimate of drug-likeness (QED) is 0.862. The third-order valence-corrected chi connectivity index (χ3v) is 5.27. The maximum atomic E-state index is 9.27. The van der Waals surface area contributed by atoms with Gasteiger partial charge in [0.15, 0.2) is 0 Å². The zero-order valence-electron chi connectivity index (χ0n) is 12.4. The van der Waals surface area contributed by atoms with Crippen molar-refractivity contribution in [3.63, 3.8) is 0 Å². The van der Waals surface area contributed by atoms with E-state index in [-0.39, 0.29) is 0 Å². The number of anilines is 1. The number of thiazole rings is 1. The summed E-state index contributed by atoms with van der Waals surface area (Å²) >= 11 is 7.79. The van der Waals surface area contributed by atoms with Crippen LogP contribution in [0.2, 0.25) is 5.02 Å². The van der Waals surface area contributed by atoms with Crippen molar-refractivity contribution in [2.45, 2.75) is 13.0 Å². The van der Waals surface area contributed by atoms with E-state index in [1.165, 1.54) is 0 Å². The molecule has 0 radical (unpaired) electrons. The lowest BCUT2D eigenvalue weighted by Gasteiger charge is -2.38. The van der Waals surface area contributed by atoms with Crippen molar-refractivity contribution in [3.05, 3.63) is 45.4 Å². The summed E-state index contributed by atoms with van der Waals surface area (Å²) in [4.78, 5) is 9.09. The van der Waals surface area contributed by atoms with Gasteiger partial charge in [-0.2, -0.15) is 5.26 Å². The normalized spacial score (nSPS) is 17.2. The van der Waals surface area contributed by atoms with Crippen LogP contribution in [-0.2, 0) is 0 Å². The monoisotopic (exact) mass is 332 g/mol. The van der Waals surface area contributed by atoms with Crippen molar-refractivity contribution in [1.82, 2.24) is 9.88 Å². The van der Waals surface area contributed by atoms with Gasteiger partial charge in [-0.15, -0.1) is 11.3 Å². The lowest BCUT2D eigenvalue weighted by Crippen LogP contribution is -2.47. The molecular formula is C16H17ClN4S. The Morgan fingerprint density at radius 1 is 1.32 bits per heavy atom. The van der Waals surface area contributed by atoms with Crippen LogP contribution in [0.25, 0.3) is 0 Å². The Morgan fingerprint density at radius 3 is 2.73 bits per heavy atom. The van der Waals surface area contributed by atoms with E-state index in [0.717, 1.165) is 36.9 Å². The Bertz CT molecular complexity index is 672. The van der Waals surface area contributed by atoms with Crippen molar-refractivity contribution in [2.75, 3.05) is 31.1 Å². The number of halogens is 1. The summed E-state index contributed by atoms with van der Waals surface area (Å²) < 4.78 is 0. The van der Waals surface area contributed by atoms with Crippen LogP contribution in [0.3, 0.4) is 0 Å². The largest absolute Gasteiger partial charge is 0.368 e. The smallest absolute Gasteiger partial charge is 0.109 e. The van der Waals surface area contributed by atoms with Crippen LogP contribution < -0.4 is 4.90 Å². The number of nitriles is 1. The van der Waals surface area contributed by atoms with E-state index in [1.807, 2.05) is 17.6 Å². The average molecular weight is 333 g/mol. The first-order valence-electron chi connectivity index (χ1n) is 7.27. The molecule has 0 saturated carbocycles. The van der Waals surface area contributed by atoms with Gasteiger partial charge in [0, 0.05) is 42.8 Å². The molecule has 0 amide bonds. The molecule has 114 valence electrons. The van der Waals surface area contributed by atoms with Crippen molar-refractivity contribution < 1.29 is 0 Å². The molecule has 1 atom stereocenters. The van der Waals surface area contributed by atoms with Gasteiger partial charge in [-0.3, -0.25) is 4.90 Å². The Labute approximate surface area is 139 Å². The predicted octanol–water partition coefficient (Wildman–Crippen LogP) is 3.55. The van der Waals surface area contributed by atoms with Crippen LogP contribution >= 0.6 is 22.9 Å². The molecule has 1 aliphatic heterocycles. The molecule has 2 heterocycles. The molecule has 1 aliphatic rings. The van der Waals surface area contributed by atoms with E-state index in [1.54, 1.807) is 23.5 Å². The third kappa shape index (κ3) is 3.09. The molecule has 1 saturated heterocycles. The minimum atomic E-state index is 0.344. The van der Waals surface area contributed by atoms with Crippen molar-refractivity contribution in [1.29, 1.82) is 5.26 Å². The summed E-state index contributed by atoms with van der Waals surface area (Å²) in [5, 5.41) is 13.1. The van der Waals surface area contributed by atoms with Crippen molar-refractivity contribution in [2.24, 2.45) is 0 Å². The van der Waals surface area contributed by atoms with E-state index < -0.39 is 0 Å². The third-order valence-electron chi connectivity index (χ3n) is 4.09. The number of aromatic nitrogens is 1. The average Bonchev–Trinajstić information content (AvgIpc) is 3.09. The molecule has 22 heavy (non-hydrogen) atoms. The predicted molar refractivity (Wildman–Crippen MR) is 90.5 cm³/mol. The van der Waals surface area contributed by atoms with Gasteiger partial charge in [0.05, 0.1) is 17.3 Å². The first-order valence-corrected chi connectivity index (χ1v) is 8.53. The van der Waals surface area contributed by atoms with Gasteiger partial charge in [-0.25, -0.2) is 4.98 Å². The lowest BCUT2D eigenvalue weighted by atomic mass is 10.1. The van der Waals surface area contributed by atoms with Gasteiger partial charge in [-0.05, 0) is 25.1 Å². The lowest BCUT2D eigenvalue weighted by molar-refractivity contribution is 0.198. The summed E-state index contributed by atoms with van der Waals surface area (Å²) in [6.45, 7) is 5.90.